The molecule has 1 aliphatic rings. The summed E-state index contributed by atoms with van der Waals surface area (Å²) in [5.41, 5.74) is 0. The van der Waals surface area contributed by atoms with Crippen molar-refractivity contribution in [2.45, 2.75) is 77.9 Å². The Morgan fingerprint density at radius 1 is 1.15 bits per heavy atom. The van der Waals surface area contributed by atoms with Gasteiger partial charge in [0.05, 0.1) is 0 Å². The van der Waals surface area contributed by atoms with Crippen molar-refractivity contribution in [3.05, 3.63) is 24.3 Å². The molecule has 1 aliphatic heterocycles. The lowest BCUT2D eigenvalue weighted by Gasteiger charge is -2.27. The fourth-order valence-corrected chi connectivity index (χ4v) is 3.64. The first-order chi connectivity index (χ1) is 15.7. The van der Waals surface area contributed by atoms with Crippen LogP contribution in [0.1, 0.15) is 59.8 Å². The smallest absolute Gasteiger partial charge is 0.315 e. The van der Waals surface area contributed by atoms with Gasteiger partial charge in [0.1, 0.15) is 12.1 Å². The molecule has 0 saturated carbocycles. The minimum absolute atomic E-state index is 0.114. The first-order valence-electron chi connectivity index (χ1n) is 11.9. The zero-order valence-corrected chi connectivity index (χ0v) is 20.6. The fourth-order valence-electron chi connectivity index (χ4n) is 3.64. The zero-order chi connectivity index (χ0) is 24.8. The highest BCUT2D eigenvalue weighted by Crippen LogP contribution is 2.19. The van der Waals surface area contributed by atoms with E-state index in [4.69, 9.17) is 0 Å². The highest BCUT2D eigenvalue weighted by Gasteiger charge is 2.30. The Morgan fingerprint density at radius 2 is 1.88 bits per heavy atom. The lowest BCUT2D eigenvalue weighted by atomic mass is 9.90. The van der Waals surface area contributed by atoms with Crippen LogP contribution in [0.3, 0.4) is 0 Å². The third-order valence-electron chi connectivity index (χ3n) is 5.69. The molecule has 0 aromatic rings. The normalized spacial score (nSPS) is 22.0. The van der Waals surface area contributed by atoms with E-state index in [9.17, 15) is 19.2 Å². The van der Waals surface area contributed by atoms with Crippen molar-refractivity contribution < 1.29 is 19.2 Å². The molecule has 1 heterocycles. The minimum atomic E-state index is -0.899. The maximum atomic E-state index is 13.2. The average molecular weight is 464 g/mol. The summed E-state index contributed by atoms with van der Waals surface area (Å²) in [6, 6.07) is -2.52. The molecular weight excluding hydrogens is 422 g/mol. The van der Waals surface area contributed by atoms with E-state index in [1.807, 2.05) is 6.92 Å². The van der Waals surface area contributed by atoms with Gasteiger partial charge in [0, 0.05) is 25.7 Å². The predicted octanol–water partition coefficient (Wildman–Crippen LogP) is 1.76. The molecule has 5 atom stereocenters. The number of hydrogen-bond acceptors (Lipinski definition) is 4. The number of carbonyl (C=O) groups excluding carboxylic acids is 4. The van der Waals surface area contributed by atoms with Crippen molar-refractivity contribution >= 4 is 23.8 Å². The molecule has 9 heteroatoms. The van der Waals surface area contributed by atoms with E-state index in [1.165, 1.54) is 13.1 Å². The van der Waals surface area contributed by atoms with E-state index in [0.29, 0.717) is 18.9 Å². The molecular formula is C24H41N5O4. The molecule has 33 heavy (non-hydrogen) atoms. The van der Waals surface area contributed by atoms with Gasteiger partial charge in [-0.25, -0.2) is 4.79 Å². The highest BCUT2D eigenvalue weighted by molar-refractivity contribution is 5.93. The van der Waals surface area contributed by atoms with Crippen LogP contribution in [0.15, 0.2) is 24.3 Å². The first-order valence-corrected chi connectivity index (χ1v) is 11.9. The number of carbonyl (C=O) groups is 4. The molecule has 0 aromatic carbocycles. The summed E-state index contributed by atoms with van der Waals surface area (Å²) in [7, 11) is 1.50. The average Bonchev–Trinajstić information content (AvgIpc) is 2.77. The van der Waals surface area contributed by atoms with E-state index in [2.05, 4.69) is 40.4 Å². The monoisotopic (exact) mass is 463 g/mol. The van der Waals surface area contributed by atoms with E-state index >= 15 is 0 Å². The second kappa shape index (κ2) is 15.1. The van der Waals surface area contributed by atoms with Gasteiger partial charge in [-0.05, 0) is 31.6 Å². The van der Waals surface area contributed by atoms with Crippen molar-refractivity contribution in [1.29, 1.82) is 0 Å². The predicted molar refractivity (Wildman–Crippen MR) is 129 cm³/mol. The maximum absolute atomic E-state index is 13.2. The Hall–Kier alpha value is -2.84. The first kappa shape index (κ1) is 28.2. The second-order valence-electron chi connectivity index (χ2n) is 8.80. The lowest BCUT2D eigenvalue weighted by Crippen LogP contribution is -2.56. The summed E-state index contributed by atoms with van der Waals surface area (Å²) in [6.45, 7) is 8.44. The van der Waals surface area contributed by atoms with Crippen LogP contribution >= 0.6 is 0 Å². The lowest BCUT2D eigenvalue weighted by molar-refractivity contribution is -0.129. The summed E-state index contributed by atoms with van der Waals surface area (Å²) in [5.74, 6) is -0.600. The van der Waals surface area contributed by atoms with Gasteiger partial charge in [0.25, 0.3) is 0 Å². The molecule has 0 fully saturated rings. The molecule has 1 rings (SSSR count). The quantitative estimate of drug-likeness (QED) is 0.334. The summed E-state index contributed by atoms with van der Waals surface area (Å²) >= 11 is 0. The number of amides is 5. The standard InChI is InChI=1S/C24H41N5O4/c1-6-9-16(2)11-12-17(3)21(29-24(33)25-5)23(32)28-19-10-7-8-15-26-20(30)14-13-18(4)27-22(19)31/h7,10,13-14,16-19,21H,6,8-9,11-12,15H2,1-5H3,(H,26,30)(H,27,31)(H,28,32)(H2,25,29,33). The maximum Gasteiger partial charge on any atom is 0.315 e. The largest absolute Gasteiger partial charge is 0.352 e. The highest BCUT2D eigenvalue weighted by atomic mass is 16.2. The SMILES string of the molecule is CCCC(C)CCC(C)C(NC(=O)NC)C(=O)NC1C=CCCNC(=O)C=CC(C)NC1=O. The van der Waals surface area contributed by atoms with Crippen molar-refractivity contribution in [1.82, 2.24) is 26.6 Å². The van der Waals surface area contributed by atoms with E-state index in [-0.39, 0.29) is 17.7 Å². The van der Waals surface area contributed by atoms with Gasteiger partial charge >= 0.3 is 6.03 Å². The number of urea groups is 1. The summed E-state index contributed by atoms with van der Waals surface area (Å²) in [5, 5.41) is 13.5. The van der Waals surface area contributed by atoms with Crippen LogP contribution in [0.5, 0.6) is 0 Å². The summed E-state index contributed by atoms with van der Waals surface area (Å²) in [4.78, 5) is 49.7. The number of hydrogen-bond donors (Lipinski definition) is 5. The van der Waals surface area contributed by atoms with Gasteiger partial charge in [0.15, 0.2) is 0 Å². The Kier molecular flexibility index (Phi) is 12.9. The number of nitrogens with one attached hydrogen (secondary N) is 5. The van der Waals surface area contributed by atoms with Gasteiger partial charge in [-0.15, -0.1) is 0 Å². The van der Waals surface area contributed by atoms with Gasteiger partial charge in [-0.3, -0.25) is 14.4 Å². The molecule has 5 N–H and O–H groups in total. The number of rotatable bonds is 9. The molecule has 0 aromatic heterocycles. The van der Waals surface area contributed by atoms with Crippen molar-refractivity contribution in [2.24, 2.45) is 11.8 Å². The van der Waals surface area contributed by atoms with Crippen molar-refractivity contribution in [3.63, 3.8) is 0 Å². The Bertz CT molecular complexity index is 722. The van der Waals surface area contributed by atoms with Crippen LogP contribution in [0.4, 0.5) is 4.79 Å². The molecule has 5 unspecified atom stereocenters. The molecule has 0 spiro atoms. The van der Waals surface area contributed by atoms with E-state index in [1.54, 1.807) is 25.2 Å². The molecule has 0 radical (unpaired) electrons. The third kappa shape index (κ3) is 11.0. The van der Waals surface area contributed by atoms with Crippen LogP contribution in [0.2, 0.25) is 0 Å². The molecule has 0 aliphatic carbocycles. The minimum Gasteiger partial charge on any atom is -0.352 e. The van der Waals surface area contributed by atoms with Gasteiger partial charge in [-0.1, -0.05) is 58.3 Å². The summed E-state index contributed by atoms with van der Waals surface area (Å²) < 4.78 is 0. The van der Waals surface area contributed by atoms with Crippen molar-refractivity contribution in [3.8, 4) is 0 Å². The molecule has 0 bridgehead atoms. The molecule has 186 valence electrons. The fraction of sp³-hybridized carbons (Fsp3) is 0.667. The van der Waals surface area contributed by atoms with Crippen LogP contribution in [0.25, 0.3) is 0 Å². The molecule has 9 nitrogen and oxygen atoms in total. The van der Waals surface area contributed by atoms with E-state index < -0.39 is 30.1 Å². The van der Waals surface area contributed by atoms with Gasteiger partial charge in [-0.2, -0.15) is 0 Å². The second-order valence-corrected chi connectivity index (χ2v) is 8.80. The third-order valence-corrected chi connectivity index (χ3v) is 5.69. The van der Waals surface area contributed by atoms with Crippen LogP contribution < -0.4 is 26.6 Å². The Labute approximate surface area is 197 Å². The van der Waals surface area contributed by atoms with Crippen LogP contribution in [-0.2, 0) is 14.4 Å². The van der Waals surface area contributed by atoms with E-state index in [0.717, 1.165) is 25.7 Å². The van der Waals surface area contributed by atoms with Gasteiger partial charge in [0.2, 0.25) is 17.7 Å². The Morgan fingerprint density at radius 3 is 2.55 bits per heavy atom. The molecule has 0 saturated heterocycles. The van der Waals surface area contributed by atoms with Crippen LogP contribution in [0, 0.1) is 11.8 Å². The zero-order valence-electron chi connectivity index (χ0n) is 20.6. The topological polar surface area (TPSA) is 128 Å². The summed E-state index contributed by atoms with van der Waals surface area (Å²) in [6.07, 6.45) is 10.8. The van der Waals surface area contributed by atoms with Crippen LogP contribution in [-0.4, -0.2) is 55.5 Å². The van der Waals surface area contributed by atoms with Gasteiger partial charge < -0.3 is 26.6 Å². The van der Waals surface area contributed by atoms with Crippen molar-refractivity contribution in [2.75, 3.05) is 13.6 Å². The Balaban J connectivity index is 2.95. The molecule has 5 amide bonds.